The van der Waals surface area contributed by atoms with Crippen LogP contribution in [0.15, 0.2) is 35.4 Å². The molecule has 34 heavy (non-hydrogen) atoms. The second-order valence-electron chi connectivity index (χ2n) is 8.33. The van der Waals surface area contributed by atoms with Gasteiger partial charge in [-0.25, -0.2) is 9.59 Å². The van der Waals surface area contributed by atoms with Gasteiger partial charge in [-0.05, 0) is 30.5 Å². The number of ether oxygens (including phenoxy) is 2. The number of thioether (sulfide) groups is 1. The summed E-state index contributed by atoms with van der Waals surface area (Å²) in [5.41, 5.74) is 0.584. The van der Waals surface area contributed by atoms with Crippen molar-refractivity contribution < 1.29 is 33.6 Å². The van der Waals surface area contributed by atoms with Crippen LogP contribution in [0.5, 0.6) is 0 Å². The number of benzene rings is 1. The van der Waals surface area contributed by atoms with Crippen molar-refractivity contribution in [2.75, 3.05) is 0 Å². The summed E-state index contributed by atoms with van der Waals surface area (Å²) in [6, 6.07) is 4.76. The minimum atomic E-state index is -0.828. The van der Waals surface area contributed by atoms with Crippen LogP contribution in [0.4, 0.5) is 5.69 Å². The van der Waals surface area contributed by atoms with Crippen molar-refractivity contribution in [2.24, 2.45) is 11.8 Å². The van der Waals surface area contributed by atoms with Crippen LogP contribution in [0.3, 0.4) is 0 Å². The third kappa shape index (κ3) is 5.22. The van der Waals surface area contributed by atoms with Crippen LogP contribution in [0.2, 0.25) is 0 Å². The number of carbonyl (C=O) groups excluding carboxylic acids is 4. The van der Waals surface area contributed by atoms with E-state index in [4.69, 9.17) is 9.47 Å². The zero-order valence-electron chi connectivity index (χ0n) is 19.0. The van der Waals surface area contributed by atoms with Gasteiger partial charge in [0.2, 0.25) is 11.8 Å². The number of nitro benzene ring substituents is 1. The highest BCUT2D eigenvalue weighted by Gasteiger charge is 2.57. The number of nitrogens with one attached hydrogen (secondary N) is 1. The zero-order valence-corrected chi connectivity index (χ0v) is 19.9. The Morgan fingerprint density at radius 1 is 1.21 bits per heavy atom. The van der Waals surface area contributed by atoms with Crippen LogP contribution in [0.25, 0.3) is 0 Å². The Kier molecular flexibility index (Phi) is 7.60. The van der Waals surface area contributed by atoms with Crippen molar-refractivity contribution in [3.05, 3.63) is 51.0 Å². The lowest BCUT2D eigenvalue weighted by Gasteiger charge is -2.44. The topological polar surface area (TPSA) is 145 Å². The first-order valence-corrected chi connectivity index (χ1v) is 11.5. The van der Waals surface area contributed by atoms with E-state index in [0.29, 0.717) is 5.56 Å². The van der Waals surface area contributed by atoms with Gasteiger partial charge in [-0.2, -0.15) is 0 Å². The fourth-order valence-electron chi connectivity index (χ4n) is 3.64. The van der Waals surface area contributed by atoms with E-state index in [1.807, 2.05) is 0 Å². The van der Waals surface area contributed by atoms with E-state index in [2.05, 4.69) is 5.32 Å². The molecule has 1 aromatic carbocycles. The predicted octanol–water partition coefficient (Wildman–Crippen LogP) is 2.10. The molecule has 182 valence electrons. The SMILES string of the molecule is CC(=O)N[C@H](C(=O)O[C@H](C)[C@H]1C(=O)N2C(C(=O)OCc3ccc([N+](=O)[O-])cc3)=CS[C@@H]12)C(C)C. The Hall–Kier alpha value is -3.41. The fraction of sp³-hybridized carbons (Fsp3) is 0.455. The van der Waals surface area contributed by atoms with Gasteiger partial charge in [0.1, 0.15) is 35.7 Å². The van der Waals surface area contributed by atoms with Crippen molar-refractivity contribution in [3.8, 4) is 0 Å². The van der Waals surface area contributed by atoms with Crippen LogP contribution in [0.1, 0.15) is 33.3 Å². The number of hydrogen-bond acceptors (Lipinski definition) is 9. The molecule has 0 radical (unpaired) electrons. The molecule has 1 saturated heterocycles. The smallest absolute Gasteiger partial charge is 0.355 e. The molecule has 0 spiro atoms. The minimum absolute atomic E-state index is 0.0725. The first-order valence-electron chi connectivity index (χ1n) is 10.6. The average molecular weight is 492 g/mol. The Labute approximate surface area is 200 Å². The Balaban J connectivity index is 1.55. The predicted molar refractivity (Wildman–Crippen MR) is 121 cm³/mol. The molecule has 12 heteroatoms. The van der Waals surface area contributed by atoms with Gasteiger partial charge in [0.25, 0.3) is 5.69 Å². The second kappa shape index (κ2) is 10.2. The maximum absolute atomic E-state index is 12.8. The lowest BCUT2D eigenvalue weighted by Crippen LogP contribution is -2.62. The van der Waals surface area contributed by atoms with Gasteiger partial charge in [0.15, 0.2) is 0 Å². The number of β-lactam (4-membered cyclic amide) rings is 1. The van der Waals surface area contributed by atoms with Crippen molar-refractivity contribution in [1.29, 1.82) is 0 Å². The van der Waals surface area contributed by atoms with Crippen molar-refractivity contribution in [2.45, 2.75) is 51.8 Å². The first-order chi connectivity index (χ1) is 16.0. The van der Waals surface area contributed by atoms with Crippen molar-refractivity contribution in [1.82, 2.24) is 10.2 Å². The fourth-order valence-corrected chi connectivity index (χ4v) is 4.97. The summed E-state index contributed by atoms with van der Waals surface area (Å²) in [5, 5.41) is 14.4. The van der Waals surface area contributed by atoms with Crippen LogP contribution in [-0.2, 0) is 35.3 Å². The molecule has 1 fully saturated rings. The van der Waals surface area contributed by atoms with Crippen molar-refractivity contribution >= 4 is 41.2 Å². The summed E-state index contributed by atoms with van der Waals surface area (Å²) in [4.78, 5) is 60.7. The van der Waals surface area contributed by atoms with E-state index >= 15 is 0 Å². The highest BCUT2D eigenvalue weighted by molar-refractivity contribution is 8.03. The molecule has 1 N–H and O–H groups in total. The third-order valence-electron chi connectivity index (χ3n) is 5.48. The summed E-state index contributed by atoms with van der Waals surface area (Å²) >= 11 is 1.25. The highest BCUT2D eigenvalue weighted by Crippen LogP contribution is 2.47. The maximum Gasteiger partial charge on any atom is 0.355 e. The average Bonchev–Trinajstić information content (AvgIpc) is 3.15. The normalized spacial score (nSPS) is 20.6. The van der Waals surface area contributed by atoms with Crippen LogP contribution < -0.4 is 5.32 Å². The number of nitrogens with zero attached hydrogens (tertiary/aromatic N) is 2. The summed E-state index contributed by atoms with van der Waals surface area (Å²) in [6.07, 6.45) is -0.757. The van der Waals surface area contributed by atoms with Gasteiger partial charge >= 0.3 is 11.9 Å². The molecular weight excluding hydrogens is 466 g/mol. The molecule has 2 amide bonds. The van der Waals surface area contributed by atoms with Crippen LogP contribution >= 0.6 is 11.8 Å². The molecule has 2 heterocycles. The molecule has 0 aliphatic carbocycles. The number of rotatable bonds is 9. The standard InChI is InChI=1S/C22H25N3O8S/c1-11(2)18(23-13(4)26)22(29)33-12(3)17-19(27)24-16(10-34-20(17)24)21(28)32-9-14-5-7-15(8-6-14)25(30)31/h5-8,10-12,17-18,20H,9H2,1-4H3,(H,23,26)/t12-,17+,18+,20+/m1/s1. The second-order valence-corrected chi connectivity index (χ2v) is 9.32. The van der Waals surface area contributed by atoms with E-state index in [1.54, 1.807) is 20.8 Å². The molecule has 11 nitrogen and oxygen atoms in total. The van der Waals surface area contributed by atoms with Crippen LogP contribution in [0, 0.1) is 22.0 Å². The van der Waals surface area contributed by atoms with E-state index in [1.165, 1.54) is 53.3 Å². The van der Waals surface area contributed by atoms with Gasteiger partial charge in [0.05, 0.1) is 4.92 Å². The Morgan fingerprint density at radius 3 is 2.41 bits per heavy atom. The Morgan fingerprint density at radius 2 is 1.85 bits per heavy atom. The molecule has 1 aromatic rings. The largest absolute Gasteiger partial charge is 0.460 e. The number of non-ortho nitro benzene ring substituents is 1. The van der Waals surface area contributed by atoms with E-state index in [-0.39, 0.29) is 35.7 Å². The molecule has 2 aliphatic heterocycles. The molecule has 0 unspecified atom stereocenters. The third-order valence-corrected chi connectivity index (χ3v) is 6.62. The van der Waals surface area contributed by atoms with Gasteiger partial charge < -0.3 is 14.8 Å². The number of esters is 2. The summed E-state index contributed by atoms with van der Waals surface area (Å²) in [5.74, 6) is -2.89. The molecule has 2 aliphatic rings. The lowest BCUT2D eigenvalue weighted by atomic mass is 9.92. The number of hydrogen-bond donors (Lipinski definition) is 1. The summed E-state index contributed by atoms with van der Waals surface area (Å²) in [7, 11) is 0. The zero-order chi connectivity index (χ0) is 25.2. The monoisotopic (exact) mass is 491 g/mol. The first kappa shape index (κ1) is 25.2. The van der Waals surface area contributed by atoms with Gasteiger partial charge in [0, 0.05) is 24.5 Å². The van der Waals surface area contributed by atoms with E-state index in [9.17, 15) is 29.3 Å². The van der Waals surface area contributed by atoms with Crippen LogP contribution in [-0.4, -0.2) is 51.1 Å². The Bertz CT molecular complexity index is 1040. The molecule has 0 saturated carbocycles. The number of nitro groups is 1. The van der Waals surface area contributed by atoms with Gasteiger partial charge in [-0.1, -0.05) is 13.8 Å². The summed E-state index contributed by atoms with van der Waals surface area (Å²) in [6.45, 7) is 6.35. The summed E-state index contributed by atoms with van der Waals surface area (Å²) < 4.78 is 10.7. The van der Waals surface area contributed by atoms with Crippen molar-refractivity contribution in [3.63, 3.8) is 0 Å². The minimum Gasteiger partial charge on any atom is -0.460 e. The maximum atomic E-state index is 12.8. The molecule has 3 rings (SSSR count). The van der Waals surface area contributed by atoms with E-state index < -0.39 is 40.3 Å². The highest BCUT2D eigenvalue weighted by atomic mass is 32.2. The van der Waals surface area contributed by atoms with E-state index in [0.717, 1.165) is 0 Å². The molecule has 0 aromatic heterocycles. The lowest BCUT2D eigenvalue weighted by molar-refractivity contribution is -0.384. The number of carbonyl (C=O) groups is 4. The number of fused-ring (bicyclic) bond motifs is 1. The number of amides is 2. The van der Waals surface area contributed by atoms with Gasteiger partial charge in [-0.3, -0.25) is 24.6 Å². The molecule has 4 atom stereocenters. The molecule has 0 bridgehead atoms. The quantitative estimate of drug-likeness (QED) is 0.237. The molecular formula is C22H25N3O8S. The van der Waals surface area contributed by atoms with Gasteiger partial charge in [-0.15, -0.1) is 11.8 Å².